The highest BCUT2D eigenvalue weighted by Gasteiger charge is 2.10. The molecule has 0 radical (unpaired) electrons. The zero-order chi connectivity index (χ0) is 14.7. The lowest BCUT2D eigenvalue weighted by atomic mass is 9.97. The number of hydrogen-bond donors (Lipinski definition) is 0. The maximum absolute atomic E-state index is 13.8. The molecule has 0 spiro atoms. The summed E-state index contributed by atoms with van der Waals surface area (Å²) in [5.74, 6) is 0.0273. The number of esters is 1. The Kier molecular flexibility index (Phi) is 4.23. The predicted octanol–water partition coefficient (Wildman–Crippen LogP) is 3.75. The predicted molar refractivity (Wildman–Crippen MR) is 75.3 cm³/mol. The van der Waals surface area contributed by atoms with Crippen LogP contribution in [-0.4, -0.2) is 12.8 Å². The fourth-order valence-corrected chi connectivity index (χ4v) is 2.32. The number of benzene rings is 2. The summed E-state index contributed by atoms with van der Waals surface area (Å²) in [5, 5.41) is 1.84. The van der Waals surface area contributed by atoms with Gasteiger partial charge in [0.1, 0.15) is 11.6 Å². The Labute approximate surface area is 117 Å². The number of aryl methyl sites for hydroxylation is 2. The quantitative estimate of drug-likeness (QED) is 0.630. The molecule has 3 nitrogen and oxygen atoms in total. The van der Waals surface area contributed by atoms with Crippen molar-refractivity contribution in [3.05, 3.63) is 41.2 Å². The number of halogens is 1. The third-order valence-corrected chi connectivity index (χ3v) is 3.18. The van der Waals surface area contributed by atoms with E-state index in [1.165, 1.54) is 13.0 Å². The summed E-state index contributed by atoms with van der Waals surface area (Å²) in [4.78, 5) is 10.7. The molecule has 20 heavy (non-hydrogen) atoms. The van der Waals surface area contributed by atoms with Crippen molar-refractivity contribution in [1.29, 1.82) is 0 Å². The summed E-state index contributed by atoms with van der Waals surface area (Å²) in [6, 6.07) is 6.85. The van der Waals surface area contributed by atoms with Gasteiger partial charge in [0.25, 0.3) is 0 Å². The maximum atomic E-state index is 13.8. The van der Waals surface area contributed by atoms with Crippen LogP contribution in [0.3, 0.4) is 0 Å². The highest BCUT2D eigenvalue weighted by molar-refractivity contribution is 5.90. The van der Waals surface area contributed by atoms with Crippen molar-refractivity contribution < 1.29 is 18.7 Å². The number of fused-ring (bicyclic) bond motifs is 1. The highest BCUT2D eigenvalue weighted by Crippen LogP contribution is 2.29. The van der Waals surface area contributed by atoms with Gasteiger partial charge in [-0.2, -0.15) is 0 Å². The second-order valence-electron chi connectivity index (χ2n) is 4.62. The number of hydrogen-bond acceptors (Lipinski definition) is 3. The third kappa shape index (κ3) is 2.90. The van der Waals surface area contributed by atoms with Gasteiger partial charge in [-0.15, -0.1) is 0 Å². The van der Waals surface area contributed by atoms with Gasteiger partial charge in [0.15, 0.2) is 0 Å². The molecule has 4 heteroatoms. The minimum absolute atomic E-state index is 0.123. The van der Waals surface area contributed by atoms with Crippen LogP contribution in [0, 0.1) is 12.7 Å². The molecular formula is C16H17FO3. The molecule has 0 unspecified atom stereocenters. The second-order valence-corrected chi connectivity index (χ2v) is 4.62. The van der Waals surface area contributed by atoms with Gasteiger partial charge in [0.05, 0.1) is 0 Å². The smallest absolute Gasteiger partial charge is 0.305 e. The van der Waals surface area contributed by atoms with E-state index >= 15 is 0 Å². The van der Waals surface area contributed by atoms with E-state index in [9.17, 15) is 9.18 Å². The van der Waals surface area contributed by atoms with E-state index in [4.69, 9.17) is 9.47 Å². The van der Waals surface area contributed by atoms with E-state index in [1.54, 1.807) is 6.07 Å². The number of carbonyl (C=O) groups excluding carboxylic acids is 1. The normalized spacial score (nSPS) is 10.6. The van der Waals surface area contributed by atoms with E-state index in [0.717, 1.165) is 16.3 Å². The average molecular weight is 276 g/mol. The number of ether oxygens (including phenoxy) is 2. The Morgan fingerprint density at radius 2 is 2.05 bits per heavy atom. The van der Waals surface area contributed by atoms with E-state index in [1.807, 2.05) is 26.0 Å². The van der Waals surface area contributed by atoms with Crippen LogP contribution in [0.2, 0.25) is 0 Å². The lowest BCUT2D eigenvalue weighted by molar-refractivity contribution is -0.147. The maximum Gasteiger partial charge on any atom is 0.305 e. The van der Waals surface area contributed by atoms with E-state index in [-0.39, 0.29) is 12.6 Å². The van der Waals surface area contributed by atoms with Crippen molar-refractivity contribution >= 4 is 16.7 Å². The minimum Gasteiger partial charge on any atom is -0.457 e. The Morgan fingerprint density at radius 3 is 2.70 bits per heavy atom. The van der Waals surface area contributed by atoms with Crippen molar-refractivity contribution in [2.24, 2.45) is 0 Å². The molecule has 0 aromatic heterocycles. The summed E-state index contributed by atoms with van der Waals surface area (Å²) in [5.41, 5.74) is 1.66. The van der Waals surface area contributed by atoms with Gasteiger partial charge < -0.3 is 9.47 Å². The van der Waals surface area contributed by atoms with Crippen molar-refractivity contribution in [3.8, 4) is 5.75 Å². The Bertz CT molecular complexity index is 650. The van der Waals surface area contributed by atoms with Gasteiger partial charge in [-0.05, 0) is 53.4 Å². The summed E-state index contributed by atoms with van der Waals surface area (Å²) >= 11 is 0. The van der Waals surface area contributed by atoms with E-state index in [0.29, 0.717) is 17.7 Å². The van der Waals surface area contributed by atoms with Gasteiger partial charge in [0.2, 0.25) is 6.79 Å². The Hall–Kier alpha value is -2.10. The minimum atomic E-state index is -0.391. The molecule has 0 heterocycles. The van der Waals surface area contributed by atoms with E-state index in [2.05, 4.69) is 0 Å². The van der Waals surface area contributed by atoms with Crippen molar-refractivity contribution in [1.82, 2.24) is 0 Å². The second kappa shape index (κ2) is 5.90. The molecule has 0 amide bonds. The Balaban J connectivity index is 2.38. The largest absolute Gasteiger partial charge is 0.457 e. The fraction of sp³-hybridized carbons (Fsp3) is 0.312. The van der Waals surface area contributed by atoms with Crippen LogP contribution in [-0.2, 0) is 16.0 Å². The number of carbonyl (C=O) groups is 1. The first-order valence-corrected chi connectivity index (χ1v) is 6.50. The van der Waals surface area contributed by atoms with Gasteiger partial charge in [-0.1, -0.05) is 13.0 Å². The number of rotatable bonds is 4. The summed E-state index contributed by atoms with van der Waals surface area (Å²) in [6.07, 6.45) is 0.637. The molecule has 0 fully saturated rings. The molecule has 0 bridgehead atoms. The SMILES string of the molecule is CCc1c(F)ccc2cc(OCOC(C)=O)cc(C)c12. The van der Waals surface area contributed by atoms with Crippen LogP contribution >= 0.6 is 0 Å². The van der Waals surface area contributed by atoms with Crippen LogP contribution in [0.5, 0.6) is 5.75 Å². The molecule has 0 aliphatic heterocycles. The zero-order valence-electron chi connectivity index (χ0n) is 11.8. The summed E-state index contributed by atoms with van der Waals surface area (Å²) in [6.45, 7) is 5.05. The molecule has 0 atom stereocenters. The van der Waals surface area contributed by atoms with Gasteiger partial charge in [0, 0.05) is 6.92 Å². The topological polar surface area (TPSA) is 35.5 Å². The van der Waals surface area contributed by atoms with Gasteiger partial charge >= 0.3 is 5.97 Å². The molecule has 0 saturated carbocycles. The molecule has 106 valence electrons. The van der Waals surface area contributed by atoms with Crippen LogP contribution in [0.15, 0.2) is 24.3 Å². The van der Waals surface area contributed by atoms with Crippen molar-refractivity contribution in [2.75, 3.05) is 6.79 Å². The van der Waals surface area contributed by atoms with Crippen LogP contribution in [0.4, 0.5) is 4.39 Å². The lowest BCUT2D eigenvalue weighted by Crippen LogP contribution is -2.07. The Morgan fingerprint density at radius 1 is 1.30 bits per heavy atom. The zero-order valence-corrected chi connectivity index (χ0v) is 11.8. The highest BCUT2D eigenvalue weighted by atomic mass is 19.1. The molecule has 2 aromatic rings. The average Bonchev–Trinajstić information content (AvgIpc) is 2.39. The lowest BCUT2D eigenvalue weighted by Gasteiger charge is -2.12. The molecule has 0 aliphatic carbocycles. The molecular weight excluding hydrogens is 259 g/mol. The van der Waals surface area contributed by atoms with Crippen molar-refractivity contribution in [3.63, 3.8) is 0 Å². The first-order chi connectivity index (χ1) is 9.52. The van der Waals surface area contributed by atoms with Gasteiger partial charge in [-0.3, -0.25) is 4.79 Å². The standard InChI is InChI=1S/C16H17FO3/c1-4-14-15(17)6-5-12-8-13(7-10(2)16(12)14)20-9-19-11(3)18/h5-8H,4,9H2,1-3H3. The molecule has 0 saturated heterocycles. The molecule has 0 aliphatic rings. The van der Waals surface area contributed by atoms with Crippen molar-refractivity contribution in [2.45, 2.75) is 27.2 Å². The monoisotopic (exact) mass is 276 g/mol. The van der Waals surface area contributed by atoms with E-state index < -0.39 is 5.97 Å². The summed E-state index contributed by atoms with van der Waals surface area (Å²) < 4.78 is 23.9. The summed E-state index contributed by atoms with van der Waals surface area (Å²) in [7, 11) is 0. The van der Waals surface area contributed by atoms with Crippen LogP contribution in [0.25, 0.3) is 10.8 Å². The fourth-order valence-electron chi connectivity index (χ4n) is 2.32. The first-order valence-electron chi connectivity index (χ1n) is 6.50. The molecule has 0 N–H and O–H groups in total. The third-order valence-electron chi connectivity index (χ3n) is 3.18. The van der Waals surface area contributed by atoms with Gasteiger partial charge in [-0.25, -0.2) is 4.39 Å². The van der Waals surface area contributed by atoms with Crippen LogP contribution < -0.4 is 4.74 Å². The first kappa shape index (κ1) is 14.3. The molecule has 2 aromatic carbocycles. The molecule has 2 rings (SSSR count). The van der Waals surface area contributed by atoms with Crippen LogP contribution in [0.1, 0.15) is 25.0 Å².